The number of hydrogen-bond donors (Lipinski definition) is 1. The maximum atomic E-state index is 10.5. The lowest BCUT2D eigenvalue weighted by atomic mass is 10.4. The van der Waals surface area contributed by atoms with E-state index in [0.29, 0.717) is 10.7 Å². The normalized spacial score (nSPS) is 9.92. The van der Waals surface area contributed by atoms with E-state index in [0.717, 1.165) is 5.75 Å². The van der Waals surface area contributed by atoms with E-state index in [4.69, 9.17) is 5.73 Å². The second-order valence-corrected chi connectivity index (χ2v) is 3.57. The Balaban J connectivity index is 3.10. The highest BCUT2D eigenvalue weighted by Gasteiger charge is 2.13. The zero-order valence-electron chi connectivity index (χ0n) is 7.06. The summed E-state index contributed by atoms with van der Waals surface area (Å²) >= 11 is 1.38. The average molecular weight is 199 g/mol. The fourth-order valence-electron chi connectivity index (χ4n) is 0.853. The molecule has 0 bridgehead atoms. The number of nitrogens with two attached hydrogens (primary N) is 1. The van der Waals surface area contributed by atoms with Gasteiger partial charge in [-0.3, -0.25) is 10.1 Å². The van der Waals surface area contributed by atoms with E-state index in [1.54, 1.807) is 0 Å². The Bertz CT molecular complexity index is 330. The third-order valence-electron chi connectivity index (χ3n) is 1.36. The van der Waals surface area contributed by atoms with Crippen molar-refractivity contribution in [3.8, 4) is 0 Å². The van der Waals surface area contributed by atoms with E-state index in [9.17, 15) is 10.1 Å². The molecule has 0 atom stereocenters. The first-order chi connectivity index (χ1) is 6.15. The van der Waals surface area contributed by atoms with Gasteiger partial charge in [0.25, 0.3) is 0 Å². The smallest absolute Gasteiger partial charge is 0.301 e. The molecule has 0 aliphatic rings. The van der Waals surface area contributed by atoms with Gasteiger partial charge in [0.1, 0.15) is 12.0 Å². The molecule has 0 saturated carbocycles. The van der Waals surface area contributed by atoms with Crippen molar-refractivity contribution in [1.29, 1.82) is 0 Å². The van der Waals surface area contributed by atoms with Crippen LogP contribution in [-0.4, -0.2) is 15.7 Å². The van der Waals surface area contributed by atoms with Gasteiger partial charge >= 0.3 is 5.69 Å². The van der Waals surface area contributed by atoms with Crippen LogP contribution >= 0.6 is 11.8 Å². The molecule has 0 aliphatic heterocycles. The number of nitro groups is 1. The van der Waals surface area contributed by atoms with Crippen LogP contribution in [0.25, 0.3) is 0 Å². The first kappa shape index (κ1) is 9.79. The molecule has 0 amide bonds. The number of thioether (sulfide) groups is 1. The summed E-state index contributed by atoms with van der Waals surface area (Å²) in [5.41, 5.74) is 5.43. The average Bonchev–Trinajstić information content (AvgIpc) is 2.04. The van der Waals surface area contributed by atoms with Crippen LogP contribution in [0.4, 0.5) is 11.5 Å². The van der Waals surface area contributed by atoms with Crippen LogP contribution in [0.15, 0.2) is 17.2 Å². The molecule has 13 heavy (non-hydrogen) atoms. The van der Waals surface area contributed by atoms with Crippen LogP contribution in [0.1, 0.15) is 6.92 Å². The fraction of sp³-hybridized carbons (Fsp3) is 0.286. The van der Waals surface area contributed by atoms with Gasteiger partial charge in [0.05, 0.1) is 9.82 Å². The van der Waals surface area contributed by atoms with E-state index in [-0.39, 0.29) is 5.69 Å². The molecule has 1 aromatic heterocycles. The molecule has 0 unspecified atom stereocenters. The predicted octanol–water partition coefficient (Wildman–Crippen LogP) is 1.68. The summed E-state index contributed by atoms with van der Waals surface area (Å²) in [6.45, 7) is 1.92. The van der Waals surface area contributed by atoms with Gasteiger partial charge < -0.3 is 5.73 Å². The lowest BCUT2D eigenvalue weighted by Crippen LogP contribution is -1.96. The van der Waals surface area contributed by atoms with E-state index in [1.165, 1.54) is 24.0 Å². The minimum atomic E-state index is -0.454. The molecule has 70 valence electrons. The lowest BCUT2D eigenvalue weighted by Gasteiger charge is -2.00. The quantitative estimate of drug-likeness (QED) is 0.455. The Morgan fingerprint density at radius 2 is 2.46 bits per heavy atom. The zero-order valence-corrected chi connectivity index (χ0v) is 7.87. The molecule has 0 aromatic carbocycles. The van der Waals surface area contributed by atoms with E-state index >= 15 is 0 Å². The highest BCUT2D eigenvalue weighted by atomic mass is 32.2. The summed E-state index contributed by atoms with van der Waals surface area (Å²) in [6, 6.07) is 1.52. The van der Waals surface area contributed by atoms with Gasteiger partial charge in [-0.1, -0.05) is 6.92 Å². The van der Waals surface area contributed by atoms with Gasteiger partial charge in [0.2, 0.25) is 0 Å². The topological polar surface area (TPSA) is 82.0 Å². The van der Waals surface area contributed by atoms with Crippen LogP contribution in [0, 0.1) is 10.1 Å². The third-order valence-corrected chi connectivity index (χ3v) is 2.29. The summed E-state index contributed by atoms with van der Waals surface area (Å²) in [5, 5.41) is 10.5. The van der Waals surface area contributed by atoms with Crippen LogP contribution in [0.5, 0.6) is 0 Å². The van der Waals surface area contributed by atoms with E-state index < -0.39 is 4.92 Å². The number of anilines is 1. The number of rotatable bonds is 3. The number of hydrogen-bond acceptors (Lipinski definition) is 5. The van der Waals surface area contributed by atoms with Crippen molar-refractivity contribution in [2.45, 2.75) is 11.8 Å². The van der Waals surface area contributed by atoms with Crippen molar-refractivity contribution >= 4 is 23.3 Å². The Hall–Kier alpha value is -1.30. The number of pyridine rings is 1. The predicted molar refractivity (Wildman–Crippen MR) is 51.7 cm³/mol. The number of nitrogens with zero attached hydrogens (tertiary/aromatic N) is 2. The van der Waals surface area contributed by atoms with Crippen molar-refractivity contribution in [1.82, 2.24) is 4.98 Å². The molecule has 0 fully saturated rings. The SMILES string of the molecule is CCSc1cc(N)ncc1[N+](=O)[O-]. The molecule has 0 aliphatic carbocycles. The summed E-state index contributed by atoms with van der Waals surface area (Å²) < 4.78 is 0. The zero-order chi connectivity index (χ0) is 9.84. The minimum absolute atomic E-state index is 0.0149. The lowest BCUT2D eigenvalue weighted by molar-refractivity contribution is -0.388. The largest absolute Gasteiger partial charge is 0.384 e. The molecule has 1 rings (SSSR count). The Kier molecular flexibility index (Phi) is 3.07. The van der Waals surface area contributed by atoms with Crippen molar-refractivity contribution in [3.05, 3.63) is 22.4 Å². The van der Waals surface area contributed by atoms with Gasteiger partial charge in [0.15, 0.2) is 0 Å². The monoisotopic (exact) mass is 199 g/mol. The Morgan fingerprint density at radius 3 is 3.00 bits per heavy atom. The first-order valence-electron chi connectivity index (χ1n) is 3.68. The van der Waals surface area contributed by atoms with E-state index in [1.807, 2.05) is 6.92 Å². The van der Waals surface area contributed by atoms with E-state index in [2.05, 4.69) is 4.98 Å². The fourth-order valence-corrected chi connectivity index (χ4v) is 1.64. The second kappa shape index (κ2) is 4.08. The van der Waals surface area contributed by atoms with Crippen LogP contribution in [0.3, 0.4) is 0 Å². The van der Waals surface area contributed by atoms with Gasteiger partial charge in [0, 0.05) is 6.07 Å². The molecule has 1 aromatic rings. The molecule has 0 radical (unpaired) electrons. The molecule has 2 N–H and O–H groups in total. The van der Waals surface area contributed by atoms with Crippen LogP contribution in [-0.2, 0) is 0 Å². The van der Waals surface area contributed by atoms with Gasteiger partial charge in [-0.05, 0) is 5.75 Å². The summed E-state index contributed by atoms with van der Waals surface area (Å²) in [6.07, 6.45) is 1.19. The van der Waals surface area contributed by atoms with Crippen LogP contribution < -0.4 is 5.73 Å². The Labute approximate surface area is 79.5 Å². The minimum Gasteiger partial charge on any atom is -0.384 e. The molecular formula is C7H9N3O2S. The number of nitrogen functional groups attached to an aromatic ring is 1. The summed E-state index contributed by atoms with van der Waals surface area (Å²) in [4.78, 5) is 14.3. The van der Waals surface area contributed by atoms with Crippen molar-refractivity contribution in [3.63, 3.8) is 0 Å². The second-order valence-electron chi connectivity index (χ2n) is 2.27. The highest BCUT2D eigenvalue weighted by molar-refractivity contribution is 7.99. The summed E-state index contributed by atoms with van der Waals surface area (Å²) in [7, 11) is 0. The van der Waals surface area contributed by atoms with Crippen molar-refractivity contribution < 1.29 is 4.92 Å². The highest BCUT2D eigenvalue weighted by Crippen LogP contribution is 2.29. The molecular weight excluding hydrogens is 190 g/mol. The van der Waals surface area contributed by atoms with Crippen molar-refractivity contribution in [2.24, 2.45) is 0 Å². The third kappa shape index (κ3) is 2.32. The standard InChI is InChI=1S/C7H9N3O2S/c1-2-13-6-3-7(8)9-4-5(6)10(11)12/h3-4H,2H2,1H3,(H2,8,9). The van der Waals surface area contributed by atoms with Gasteiger partial charge in [-0.2, -0.15) is 0 Å². The van der Waals surface area contributed by atoms with Crippen molar-refractivity contribution in [2.75, 3.05) is 11.5 Å². The number of aromatic nitrogens is 1. The molecule has 0 saturated heterocycles. The summed E-state index contributed by atoms with van der Waals surface area (Å²) in [5.74, 6) is 1.08. The van der Waals surface area contributed by atoms with Gasteiger partial charge in [-0.15, -0.1) is 11.8 Å². The maximum absolute atomic E-state index is 10.5. The molecule has 6 heteroatoms. The Morgan fingerprint density at radius 1 is 1.77 bits per heavy atom. The van der Waals surface area contributed by atoms with Crippen LogP contribution in [0.2, 0.25) is 0 Å². The maximum Gasteiger partial charge on any atom is 0.301 e. The van der Waals surface area contributed by atoms with Gasteiger partial charge in [-0.25, -0.2) is 4.98 Å². The molecule has 0 spiro atoms. The first-order valence-corrected chi connectivity index (χ1v) is 4.66. The molecule has 1 heterocycles. The molecule has 5 nitrogen and oxygen atoms in total.